The second kappa shape index (κ2) is 7.60. The molecule has 0 aromatic heterocycles. The van der Waals surface area contributed by atoms with E-state index in [2.05, 4.69) is 32.6 Å². The average Bonchev–Trinajstić information content (AvgIpc) is 2.10. The van der Waals surface area contributed by atoms with Crippen LogP contribution in [-0.2, 0) is 0 Å². The normalized spacial score (nSPS) is 13.8. The summed E-state index contributed by atoms with van der Waals surface area (Å²) in [5.74, 6) is 0.879. The Morgan fingerprint density at radius 3 is 2.08 bits per heavy atom. The summed E-state index contributed by atoms with van der Waals surface area (Å²) in [5, 5.41) is 0. The van der Waals surface area contributed by atoms with E-state index < -0.39 is 0 Å². The Kier molecular flexibility index (Phi) is 7.58. The topological polar surface area (TPSA) is 3.24 Å². The fourth-order valence-electron chi connectivity index (χ4n) is 1.57. The molecule has 0 N–H and O–H groups in total. The van der Waals surface area contributed by atoms with E-state index in [1.807, 2.05) is 0 Å². The van der Waals surface area contributed by atoms with Crippen molar-refractivity contribution in [3.05, 3.63) is 0 Å². The third kappa shape index (κ3) is 5.59. The molecule has 1 nitrogen and oxygen atoms in total. The third-order valence-electron chi connectivity index (χ3n) is 2.51. The van der Waals surface area contributed by atoms with Gasteiger partial charge in [-0.2, -0.15) is 0 Å². The number of rotatable bonds is 7. The Morgan fingerprint density at radius 2 is 1.67 bits per heavy atom. The molecule has 0 aliphatic carbocycles. The zero-order chi connectivity index (χ0) is 9.40. The molecule has 0 amide bonds. The van der Waals surface area contributed by atoms with E-state index in [9.17, 15) is 0 Å². The summed E-state index contributed by atoms with van der Waals surface area (Å²) in [6, 6.07) is 0. The van der Waals surface area contributed by atoms with Gasteiger partial charge < -0.3 is 4.90 Å². The van der Waals surface area contributed by atoms with Crippen molar-refractivity contribution in [1.29, 1.82) is 0 Å². The minimum atomic E-state index is 0.879. The second-order valence-corrected chi connectivity index (χ2v) is 3.73. The first-order valence-corrected chi connectivity index (χ1v) is 5.46. The van der Waals surface area contributed by atoms with Crippen molar-refractivity contribution < 1.29 is 0 Å². The van der Waals surface area contributed by atoms with E-state index in [4.69, 9.17) is 0 Å². The Balaban J connectivity index is 3.44. The summed E-state index contributed by atoms with van der Waals surface area (Å²) in [7, 11) is 0. The van der Waals surface area contributed by atoms with E-state index >= 15 is 0 Å². The summed E-state index contributed by atoms with van der Waals surface area (Å²) in [5.41, 5.74) is 0. The van der Waals surface area contributed by atoms with Crippen LogP contribution in [0.1, 0.15) is 47.0 Å². The molecule has 0 aromatic carbocycles. The predicted octanol–water partition coefficient (Wildman–Crippen LogP) is 3.15. The molecular formula is C11H25N. The molecule has 12 heavy (non-hydrogen) atoms. The Hall–Kier alpha value is -0.0400. The summed E-state index contributed by atoms with van der Waals surface area (Å²) < 4.78 is 0. The van der Waals surface area contributed by atoms with Crippen LogP contribution in [-0.4, -0.2) is 24.5 Å². The minimum Gasteiger partial charge on any atom is -0.304 e. The van der Waals surface area contributed by atoms with Gasteiger partial charge in [-0.25, -0.2) is 0 Å². The van der Waals surface area contributed by atoms with Gasteiger partial charge in [0.15, 0.2) is 0 Å². The summed E-state index contributed by atoms with van der Waals surface area (Å²) in [4.78, 5) is 2.51. The van der Waals surface area contributed by atoms with Crippen molar-refractivity contribution in [3.8, 4) is 0 Å². The van der Waals surface area contributed by atoms with Gasteiger partial charge in [0.25, 0.3) is 0 Å². The van der Waals surface area contributed by atoms with Gasteiger partial charge in [0, 0.05) is 6.54 Å². The standard InChI is InChI=1S/C11H25N/c1-5-8-9-11(4)10-12(6-2)7-3/h11H,5-10H2,1-4H3. The number of hydrogen-bond acceptors (Lipinski definition) is 1. The lowest BCUT2D eigenvalue weighted by atomic mass is 10.0. The van der Waals surface area contributed by atoms with Gasteiger partial charge in [0.2, 0.25) is 0 Å². The molecule has 0 aliphatic rings. The zero-order valence-corrected chi connectivity index (χ0v) is 9.27. The highest BCUT2D eigenvalue weighted by molar-refractivity contribution is 4.59. The quantitative estimate of drug-likeness (QED) is 0.569. The zero-order valence-electron chi connectivity index (χ0n) is 9.27. The Morgan fingerprint density at radius 1 is 1.08 bits per heavy atom. The van der Waals surface area contributed by atoms with Crippen molar-refractivity contribution in [2.24, 2.45) is 5.92 Å². The number of nitrogens with zero attached hydrogens (tertiary/aromatic N) is 1. The number of unbranched alkanes of at least 4 members (excludes halogenated alkanes) is 1. The molecule has 0 saturated heterocycles. The molecule has 0 aliphatic heterocycles. The molecule has 1 atom stereocenters. The smallest absolute Gasteiger partial charge is 0.000679 e. The molecule has 1 unspecified atom stereocenters. The minimum absolute atomic E-state index is 0.879. The highest BCUT2D eigenvalue weighted by Crippen LogP contribution is 2.09. The van der Waals surface area contributed by atoms with Crippen LogP contribution in [0, 0.1) is 5.92 Å². The molecule has 0 heterocycles. The maximum absolute atomic E-state index is 2.51. The van der Waals surface area contributed by atoms with Crippen molar-refractivity contribution in [3.63, 3.8) is 0 Å². The highest BCUT2D eigenvalue weighted by Gasteiger charge is 2.05. The van der Waals surface area contributed by atoms with Gasteiger partial charge in [-0.1, -0.05) is 40.5 Å². The van der Waals surface area contributed by atoms with Gasteiger partial charge in [-0.3, -0.25) is 0 Å². The van der Waals surface area contributed by atoms with Gasteiger partial charge >= 0.3 is 0 Å². The molecular weight excluding hydrogens is 146 g/mol. The van der Waals surface area contributed by atoms with Gasteiger partial charge in [-0.05, 0) is 25.4 Å². The van der Waals surface area contributed by atoms with Gasteiger partial charge in [0.1, 0.15) is 0 Å². The first kappa shape index (κ1) is 12.0. The first-order valence-electron chi connectivity index (χ1n) is 5.46. The van der Waals surface area contributed by atoms with Crippen LogP contribution >= 0.6 is 0 Å². The average molecular weight is 171 g/mol. The van der Waals surface area contributed by atoms with Crippen molar-refractivity contribution in [2.45, 2.75) is 47.0 Å². The van der Waals surface area contributed by atoms with Crippen LogP contribution in [0.5, 0.6) is 0 Å². The molecule has 74 valence electrons. The molecule has 0 bridgehead atoms. The van der Waals surface area contributed by atoms with Crippen LogP contribution in [0.3, 0.4) is 0 Å². The van der Waals surface area contributed by atoms with Crippen LogP contribution < -0.4 is 0 Å². The van der Waals surface area contributed by atoms with Crippen molar-refractivity contribution >= 4 is 0 Å². The Bertz CT molecular complexity index is 87.0. The summed E-state index contributed by atoms with van der Waals surface area (Å²) in [6.07, 6.45) is 4.12. The van der Waals surface area contributed by atoms with E-state index in [0.717, 1.165) is 5.92 Å². The Labute approximate surface area is 78.1 Å². The van der Waals surface area contributed by atoms with Crippen LogP contribution in [0.25, 0.3) is 0 Å². The molecule has 0 saturated carbocycles. The summed E-state index contributed by atoms with van der Waals surface area (Å²) in [6.45, 7) is 12.8. The van der Waals surface area contributed by atoms with Crippen LogP contribution in [0.15, 0.2) is 0 Å². The van der Waals surface area contributed by atoms with E-state index in [-0.39, 0.29) is 0 Å². The highest BCUT2D eigenvalue weighted by atomic mass is 15.1. The molecule has 0 fully saturated rings. The fourth-order valence-corrected chi connectivity index (χ4v) is 1.57. The number of hydrogen-bond donors (Lipinski definition) is 0. The van der Waals surface area contributed by atoms with Crippen molar-refractivity contribution in [2.75, 3.05) is 19.6 Å². The molecule has 0 spiro atoms. The third-order valence-corrected chi connectivity index (χ3v) is 2.51. The lowest BCUT2D eigenvalue weighted by Crippen LogP contribution is -2.28. The van der Waals surface area contributed by atoms with E-state index in [1.54, 1.807) is 0 Å². The fraction of sp³-hybridized carbons (Fsp3) is 1.00. The monoisotopic (exact) mass is 171 g/mol. The maximum Gasteiger partial charge on any atom is 0.000679 e. The lowest BCUT2D eigenvalue weighted by Gasteiger charge is -2.22. The lowest BCUT2D eigenvalue weighted by molar-refractivity contribution is 0.252. The molecule has 0 radical (unpaired) electrons. The molecule has 0 rings (SSSR count). The van der Waals surface area contributed by atoms with Gasteiger partial charge in [0.05, 0.1) is 0 Å². The first-order chi connectivity index (χ1) is 5.74. The maximum atomic E-state index is 2.51. The van der Waals surface area contributed by atoms with E-state index in [1.165, 1.54) is 38.9 Å². The summed E-state index contributed by atoms with van der Waals surface area (Å²) >= 11 is 0. The van der Waals surface area contributed by atoms with Crippen molar-refractivity contribution in [1.82, 2.24) is 4.90 Å². The van der Waals surface area contributed by atoms with Crippen LogP contribution in [0.4, 0.5) is 0 Å². The molecule has 1 heteroatoms. The largest absolute Gasteiger partial charge is 0.304 e. The second-order valence-electron chi connectivity index (χ2n) is 3.73. The molecule has 0 aromatic rings. The predicted molar refractivity (Wildman–Crippen MR) is 56.5 cm³/mol. The van der Waals surface area contributed by atoms with E-state index in [0.29, 0.717) is 0 Å². The van der Waals surface area contributed by atoms with Gasteiger partial charge in [-0.15, -0.1) is 0 Å². The SMILES string of the molecule is CCCCC(C)CN(CC)CC. The van der Waals surface area contributed by atoms with Crippen LogP contribution in [0.2, 0.25) is 0 Å².